The normalized spacial score (nSPS) is 11.3. The Morgan fingerprint density at radius 1 is 1.26 bits per heavy atom. The molecule has 2 N–H and O–H groups in total. The van der Waals surface area contributed by atoms with E-state index in [4.69, 9.17) is 9.47 Å². The number of aromatic amines is 1. The standard InChI is InChI=1S/C17H22N2O4/c1-5-22-15(20)8-11-10-18-14-7-6-12(9-13(11)14)19-16(21)23-17(2,3)4/h6-7,9-10,18H,5,8H2,1-4H3,(H,19,21). The Hall–Kier alpha value is -2.50. The van der Waals surface area contributed by atoms with Crippen molar-refractivity contribution >= 4 is 28.7 Å². The van der Waals surface area contributed by atoms with Crippen molar-refractivity contribution in [2.24, 2.45) is 0 Å². The highest BCUT2D eigenvalue weighted by atomic mass is 16.6. The van der Waals surface area contributed by atoms with Crippen LogP contribution in [-0.4, -0.2) is 29.3 Å². The number of ether oxygens (including phenoxy) is 2. The van der Waals surface area contributed by atoms with Crippen molar-refractivity contribution in [2.45, 2.75) is 39.7 Å². The van der Waals surface area contributed by atoms with Crippen molar-refractivity contribution in [1.82, 2.24) is 4.98 Å². The van der Waals surface area contributed by atoms with Crippen LogP contribution in [-0.2, 0) is 20.7 Å². The fourth-order valence-corrected chi connectivity index (χ4v) is 2.19. The Labute approximate surface area is 135 Å². The van der Waals surface area contributed by atoms with Gasteiger partial charge in [-0.25, -0.2) is 4.79 Å². The van der Waals surface area contributed by atoms with Crippen LogP contribution in [0.4, 0.5) is 10.5 Å². The molecule has 0 spiro atoms. The molecule has 1 aromatic heterocycles. The van der Waals surface area contributed by atoms with Gasteiger partial charge in [-0.15, -0.1) is 0 Å². The molecule has 0 bridgehead atoms. The lowest BCUT2D eigenvalue weighted by atomic mass is 10.1. The zero-order chi connectivity index (χ0) is 17.0. The van der Waals surface area contributed by atoms with E-state index >= 15 is 0 Å². The van der Waals surface area contributed by atoms with Crippen LogP contribution < -0.4 is 5.32 Å². The topological polar surface area (TPSA) is 80.4 Å². The van der Waals surface area contributed by atoms with E-state index in [2.05, 4.69) is 10.3 Å². The second kappa shape index (κ2) is 6.73. The fraction of sp³-hybridized carbons (Fsp3) is 0.412. The third-order valence-electron chi connectivity index (χ3n) is 3.05. The number of rotatable bonds is 4. The van der Waals surface area contributed by atoms with Crippen LogP contribution in [0.3, 0.4) is 0 Å². The van der Waals surface area contributed by atoms with E-state index in [1.165, 1.54) is 0 Å². The minimum atomic E-state index is -0.558. The second-order valence-electron chi connectivity index (χ2n) is 6.18. The third-order valence-corrected chi connectivity index (χ3v) is 3.05. The van der Waals surface area contributed by atoms with Crippen molar-refractivity contribution in [3.05, 3.63) is 30.0 Å². The molecule has 0 radical (unpaired) electrons. The molecule has 0 unspecified atom stereocenters. The fourth-order valence-electron chi connectivity index (χ4n) is 2.19. The zero-order valence-corrected chi connectivity index (χ0v) is 13.9. The Kier molecular flexibility index (Phi) is 4.93. The summed E-state index contributed by atoms with van der Waals surface area (Å²) in [6.45, 7) is 7.54. The average molecular weight is 318 g/mol. The number of nitrogens with one attached hydrogen (secondary N) is 2. The Bertz CT molecular complexity index is 713. The maximum absolute atomic E-state index is 11.8. The van der Waals surface area contributed by atoms with Gasteiger partial charge in [0.15, 0.2) is 0 Å². The number of hydrogen-bond acceptors (Lipinski definition) is 4. The highest BCUT2D eigenvalue weighted by Crippen LogP contribution is 2.23. The molecule has 0 saturated heterocycles. The van der Waals surface area contributed by atoms with Crippen molar-refractivity contribution in [1.29, 1.82) is 0 Å². The molecule has 0 saturated carbocycles. The van der Waals surface area contributed by atoms with E-state index < -0.39 is 11.7 Å². The van der Waals surface area contributed by atoms with E-state index in [0.29, 0.717) is 12.3 Å². The van der Waals surface area contributed by atoms with Crippen LogP contribution in [0.1, 0.15) is 33.3 Å². The maximum atomic E-state index is 11.8. The van der Waals surface area contributed by atoms with Crippen LogP contribution >= 0.6 is 0 Å². The van der Waals surface area contributed by atoms with E-state index in [-0.39, 0.29) is 12.4 Å². The minimum absolute atomic E-state index is 0.184. The molecule has 1 amide bonds. The molecule has 124 valence electrons. The third kappa shape index (κ3) is 4.74. The lowest BCUT2D eigenvalue weighted by Crippen LogP contribution is -2.27. The van der Waals surface area contributed by atoms with E-state index in [1.54, 1.807) is 40.0 Å². The summed E-state index contributed by atoms with van der Waals surface area (Å²) in [6, 6.07) is 5.43. The first kappa shape index (κ1) is 16.9. The maximum Gasteiger partial charge on any atom is 0.412 e. The number of aromatic nitrogens is 1. The van der Waals surface area contributed by atoms with E-state index in [0.717, 1.165) is 16.5 Å². The first-order chi connectivity index (χ1) is 10.8. The summed E-state index contributed by atoms with van der Waals surface area (Å²) < 4.78 is 10.2. The van der Waals surface area contributed by atoms with Gasteiger partial charge in [0.05, 0.1) is 13.0 Å². The van der Waals surface area contributed by atoms with Crippen LogP contribution in [0.15, 0.2) is 24.4 Å². The van der Waals surface area contributed by atoms with Gasteiger partial charge in [0.2, 0.25) is 0 Å². The van der Waals surface area contributed by atoms with Gasteiger partial charge in [0.25, 0.3) is 0 Å². The van der Waals surface area contributed by atoms with Gasteiger partial charge in [0, 0.05) is 22.8 Å². The first-order valence-corrected chi connectivity index (χ1v) is 7.54. The van der Waals surface area contributed by atoms with Crippen molar-refractivity contribution in [3.63, 3.8) is 0 Å². The summed E-state index contributed by atoms with van der Waals surface area (Å²) >= 11 is 0. The van der Waals surface area contributed by atoms with Gasteiger partial charge in [-0.3, -0.25) is 10.1 Å². The molecule has 6 heteroatoms. The first-order valence-electron chi connectivity index (χ1n) is 7.54. The summed E-state index contributed by atoms with van der Waals surface area (Å²) in [5, 5.41) is 3.56. The SMILES string of the molecule is CCOC(=O)Cc1c[nH]c2ccc(NC(=O)OC(C)(C)C)cc12. The lowest BCUT2D eigenvalue weighted by molar-refractivity contribution is -0.142. The minimum Gasteiger partial charge on any atom is -0.466 e. The average Bonchev–Trinajstić information content (AvgIpc) is 2.79. The molecule has 0 aliphatic rings. The van der Waals surface area contributed by atoms with Crippen LogP contribution in [0, 0.1) is 0 Å². The summed E-state index contributed by atoms with van der Waals surface area (Å²) in [4.78, 5) is 26.6. The molecular formula is C17H22N2O4. The Balaban J connectivity index is 2.17. The molecule has 1 heterocycles. The molecule has 6 nitrogen and oxygen atoms in total. The highest BCUT2D eigenvalue weighted by Gasteiger charge is 2.17. The van der Waals surface area contributed by atoms with Crippen molar-refractivity contribution in [2.75, 3.05) is 11.9 Å². The smallest absolute Gasteiger partial charge is 0.412 e. The number of amides is 1. The van der Waals surface area contributed by atoms with Crippen molar-refractivity contribution in [3.8, 4) is 0 Å². The Morgan fingerprint density at radius 2 is 2.00 bits per heavy atom. The molecule has 0 aliphatic carbocycles. The molecule has 2 rings (SSSR count). The van der Waals surface area contributed by atoms with E-state index in [9.17, 15) is 9.59 Å². The number of hydrogen-bond donors (Lipinski definition) is 2. The molecular weight excluding hydrogens is 296 g/mol. The monoisotopic (exact) mass is 318 g/mol. The number of carbonyl (C=O) groups excluding carboxylic acids is 2. The molecule has 0 aliphatic heterocycles. The van der Waals surface area contributed by atoms with E-state index in [1.807, 2.05) is 12.1 Å². The number of carbonyl (C=O) groups is 2. The number of fused-ring (bicyclic) bond motifs is 1. The van der Waals surface area contributed by atoms with Gasteiger partial charge < -0.3 is 14.5 Å². The molecule has 23 heavy (non-hydrogen) atoms. The number of anilines is 1. The summed E-state index contributed by atoms with van der Waals surface area (Å²) in [5.74, 6) is -0.279. The molecule has 2 aromatic rings. The van der Waals surface area contributed by atoms with Gasteiger partial charge in [-0.1, -0.05) is 0 Å². The lowest BCUT2D eigenvalue weighted by Gasteiger charge is -2.19. The predicted octanol–water partition coefficient (Wildman–Crippen LogP) is 3.62. The Morgan fingerprint density at radius 3 is 2.65 bits per heavy atom. The number of benzene rings is 1. The largest absolute Gasteiger partial charge is 0.466 e. The van der Waals surface area contributed by atoms with Crippen LogP contribution in [0.2, 0.25) is 0 Å². The van der Waals surface area contributed by atoms with Gasteiger partial charge in [-0.05, 0) is 51.5 Å². The summed E-state index contributed by atoms with van der Waals surface area (Å²) in [5.41, 5.74) is 1.76. The van der Waals surface area contributed by atoms with Gasteiger partial charge >= 0.3 is 12.1 Å². The molecule has 0 fully saturated rings. The van der Waals surface area contributed by atoms with Gasteiger partial charge in [-0.2, -0.15) is 0 Å². The highest BCUT2D eigenvalue weighted by molar-refractivity contribution is 5.93. The number of H-pyrrole nitrogens is 1. The zero-order valence-electron chi connectivity index (χ0n) is 13.9. The molecule has 1 aromatic carbocycles. The van der Waals surface area contributed by atoms with Gasteiger partial charge in [0.1, 0.15) is 5.60 Å². The predicted molar refractivity (Wildman–Crippen MR) is 88.5 cm³/mol. The quantitative estimate of drug-likeness (QED) is 0.844. The molecule has 0 atom stereocenters. The van der Waals surface area contributed by atoms with Crippen LogP contribution in [0.25, 0.3) is 10.9 Å². The summed E-state index contributed by atoms with van der Waals surface area (Å²) in [7, 11) is 0. The van der Waals surface area contributed by atoms with Crippen molar-refractivity contribution < 1.29 is 19.1 Å². The van der Waals surface area contributed by atoms with Crippen LogP contribution in [0.5, 0.6) is 0 Å². The summed E-state index contributed by atoms with van der Waals surface area (Å²) in [6.07, 6.45) is 1.45. The number of esters is 1. The second-order valence-corrected chi connectivity index (χ2v) is 6.18.